The minimum Gasteiger partial charge on any atom is -0.503 e. The lowest BCUT2D eigenvalue weighted by Crippen LogP contribution is -2.50. The van der Waals surface area contributed by atoms with E-state index >= 15 is 0 Å². The van der Waals surface area contributed by atoms with Gasteiger partial charge in [-0.3, -0.25) is 14.4 Å². The summed E-state index contributed by atoms with van der Waals surface area (Å²) in [6.07, 6.45) is 1.35. The van der Waals surface area contributed by atoms with Gasteiger partial charge in [0, 0.05) is 24.4 Å². The Morgan fingerprint density at radius 2 is 2.06 bits per heavy atom. The number of hydrogen-bond donors (Lipinski definition) is 2. The number of nitrogens with one attached hydrogen (secondary N) is 1. The molecule has 2 amide bonds. The standard InChI is InChI=1S/C22H23F2N3O5/c1-11(2)5-14-10-32-17-9-26-8-15(19(28)20(29)18(26)22(31)27(14)17)21(30)25-7-12-3-4-13(23)6-16(12)24/h3-4,6,8,11,14,17,29H,5,7,9-10H2,1-2H3,(H,25,30)/t14-,17?/m1/s1. The van der Waals surface area contributed by atoms with Gasteiger partial charge in [0.1, 0.15) is 17.2 Å². The molecule has 2 atom stereocenters. The lowest BCUT2D eigenvalue weighted by Gasteiger charge is -2.35. The average molecular weight is 447 g/mol. The van der Waals surface area contributed by atoms with Gasteiger partial charge in [-0.1, -0.05) is 19.9 Å². The highest BCUT2D eigenvalue weighted by Crippen LogP contribution is 2.31. The highest BCUT2D eigenvalue weighted by atomic mass is 19.1. The molecular formula is C22H23F2N3O5. The molecule has 1 unspecified atom stereocenters. The van der Waals surface area contributed by atoms with Gasteiger partial charge >= 0.3 is 0 Å². The number of carbonyl (C=O) groups excluding carboxylic acids is 2. The molecule has 1 saturated heterocycles. The number of amides is 2. The largest absolute Gasteiger partial charge is 0.503 e. The molecular weight excluding hydrogens is 424 g/mol. The number of aromatic hydroxyl groups is 1. The van der Waals surface area contributed by atoms with Crippen LogP contribution in [0.2, 0.25) is 0 Å². The molecule has 8 nitrogen and oxygen atoms in total. The van der Waals surface area contributed by atoms with Crippen LogP contribution in [0.1, 0.15) is 46.7 Å². The first kappa shape index (κ1) is 21.9. The van der Waals surface area contributed by atoms with E-state index in [9.17, 15) is 28.3 Å². The van der Waals surface area contributed by atoms with Crippen molar-refractivity contribution < 1.29 is 28.2 Å². The van der Waals surface area contributed by atoms with Gasteiger partial charge in [-0.25, -0.2) is 8.78 Å². The first-order valence-electron chi connectivity index (χ1n) is 10.3. The molecule has 32 heavy (non-hydrogen) atoms. The Bertz CT molecular complexity index is 1150. The Hall–Kier alpha value is -3.27. The minimum atomic E-state index is -0.999. The predicted molar refractivity (Wildman–Crippen MR) is 109 cm³/mol. The number of ether oxygens (including phenoxy) is 1. The quantitative estimate of drug-likeness (QED) is 0.730. The third-order valence-corrected chi connectivity index (χ3v) is 5.67. The van der Waals surface area contributed by atoms with Gasteiger partial charge in [0.15, 0.2) is 17.7 Å². The zero-order valence-electron chi connectivity index (χ0n) is 17.6. The number of pyridine rings is 1. The first-order chi connectivity index (χ1) is 15.2. The maximum absolute atomic E-state index is 13.8. The number of fused-ring (bicyclic) bond motifs is 2. The molecule has 1 fully saturated rings. The third-order valence-electron chi connectivity index (χ3n) is 5.67. The summed E-state index contributed by atoms with van der Waals surface area (Å²) in [4.78, 5) is 39.9. The number of hydrogen-bond acceptors (Lipinski definition) is 5. The van der Waals surface area contributed by atoms with Crippen LogP contribution in [0, 0.1) is 17.6 Å². The second kappa shape index (κ2) is 8.34. The van der Waals surface area contributed by atoms with E-state index in [1.54, 1.807) is 4.90 Å². The van der Waals surface area contributed by atoms with Crippen molar-refractivity contribution in [2.75, 3.05) is 6.61 Å². The van der Waals surface area contributed by atoms with Crippen molar-refractivity contribution in [1.82, 2.24) is 14.8 Å². The van der Waals surface area contributed by atoms with Gasteiger partial charge in [0.05, 0.1) is 19.2 Å². The molecule has 10 heteroatoms. The van der Waals surface area contributed by atoms with Crippen LogP contribution >= 0.6 is 0 Å². The lowest BCUT2D eigenvalue weighted by atomic mass is 10.0. The Balaban J connectivity index is 1.60. The third kappa shape index (κ3) is 3.86. The van der Waals surface area contributed by atoms with Gasteiger partial charge in [-0.15, -0.1) is 0 Å². The van der Waals surface area contributed by atoms with Crippen LogP contribution in [-0.4, -0.2) is 45.3 Å². The molecule has 2 N–H and O–H groups in total. The molecule has 0 aliphatic carbocycles. The molecule has 170 valence electrons. The fourth-order valence-electron chi connectivity index (χ4n) is 4.19. The number of benzene rings is 1. The number of rotatable bonds is 5. The van der Waals surface area contributed by atoms with Gasteiger partial charge in [-0.2, -0.15) is 0 Å². The van der Waals surface area contributed by atoms with Crippen LogP contribution in [-0.2, 0) is 17.8 Å². The van der Waals surface area contributed by atoms with Gasteiger partial charge in [0.2, 0.25) is 5.43 Å². The SMILES string of the molecule is CC(C)C[C@@H]1COC2Cn3cc(C(=O)NCc4ccc(F)cc4F)c(=O)c(O)c3C(=O)N21. The Morgan fingerprint density at radius 1 is 1.31 bits per heavy atom. The summed E-state index contributed by atoms with van der Waals surface area (Å²) in [6, 6.07) is 2.76. The Labute approximate surface area is 182 Å². The van der Waals surface area contributed by atoms with E-state index in [2.05, 4.69) is 5.32 Å². The van der Waals surface area contributed by atoms with Crippen LogP contribution in [0.4, 0.5) is 8.78 Å². The summed E-state index contributed by atoms with van der Waals surface area (Å²) >= 11 is 0. The maximum atomic E-state index is 13.8. The van der Waals surface area contributed by atoms with Crippen molar-refractivity contribution >= 4 is 11.8 Å². The maximum Gasteiger partial charge on any atom is 0.276 e. The van der Waals surface area contributed by atoms with Crippen molar-refractivity contribution in [2.24, 2.45) is 5.92 Å². The fraction of sp³-hybridized carbons (Fsp3) is 0.409. The number of nitrogens with zero attached hydrogens (tertiary/aromatic N) is 2. The van der Waals surface area contributed by atoms with Crippen molar-refractivity contribution in [2.45, 2.75) is 45.6 Å². The van der Waals surface area contributed by atoms with Crippen molar-refractivity contribution in [3.63, 3.8) is 0 Å². The van der Waals surface area contributed by atoms with Crippen LogP contribution < -0.4 is 10.7 Å². The van der Waals surface area contributed by atoms with E-state index in [0.717, 1.165) is 6.07 Å². The summed E-state index contributed by atoms with van der Waals surface area (Å²) in [7, 11) is 0. The van der Waals surface area contributed by atoms with E-state index in [4.69, 9.17) is 4.74 Å². The molecule has 1 aromatic carbocycles. The van der Waals surface area contributed by atoms with E-state index in [-0.39, 0.29) is 30.4 Å². The molecule has 2 aromatic rings. The Kier molecular flexibility index (Phi) is 5.72. The van der Waals surface area contributed by atoms with Crippen LogP contribution in [0.15, 0.2) is 29.2 Å². The lowest BCUT2D eigenvalue weighted by molar-refractivity contribution is 0.00518. The molecule has 3 heterocycles. The average Bonchev–Trinajstić information content (AvgIpc) is 3.11. The number of carbonyl (C=O) groups is 2. The number of halogens is 2. The van der Waals surface area contributed by atoms with E-state index in [1.165, 1.54) is 16.8 Å². The monoisotopic (exact) mass is 447 g/mol. The predicted octanol–water partition coefficient (Wildman–Crippen LogP) is 1.99. The van der Waals surface area contributed by atoms with Crippen molar-refractivity contribution in [3.8, 4) is 5.75 Å². The van der Waals surface area contributed by atoms with Crippen molar-refractivity contribution in [3.05, 3.63) is 63.1 Å². The van der Waals surface area contributed by atoms with Gasteiger partial charge < -0.3 is 24.6 Å². The molecule has 0 radical (unpaired) electrons. The van der Waals surface area contributed by atoms with Crippen LogP contribution in [0.3, 0.4) is 0 Å². The fourth-order valence-corrected chi connectivity index (χ4v) is 4.19. The zero-order valence-corrected chi connectivity index (χ0v) is 17.6. The highest BCUT2D eigenvalue weighted by Gasteiger charge is 2.44. The summed E-state index contributed by atoms with van der Waals surface area (Å²) in [5, 5.41) is 12.9. The topological polar surface area (TPSA) is 101 Å². The summed E-state index contributed by atoms with van der Waals surface area (Å²) in [5.74, 6) is -3.47. The molecule has 2 aliphatic heterocycles. The molecule has 0 saturated carbocycles. The molecule has 4 rings (SSSR count). The second-order valence-electron chi connectivity index (χ2n) is 8.42. The van der Waals surface area contributed by atoms with Crippen LogP contribution in [0.25, 0.3) is 0 Å². The first-order valence-corrected chi connectivity index (χ1v) is 10.3. The molecule has 2 aliphatic rings. The summed E-state index contributed by atoms with van der Waals surface area (Å²) < 4.78 is 33.9. The summed E-state index contributed by atoms with van der Waals surface area (Å²) in [6.45, 7) is 4.27. The second-order valence-corrected chi connectivity index (χ2v) is 8.42. The molecule has 0 bridgehead atoms. The van der Waals surface area contributed by atoms with E-state index in [0.29, 0.717) is 25.0 Å². The Morgan fingerprint density at radius 3 is 2.75 bits per heavy atom. The number of aromatic nitrogens is 1. The van der Waals surface area contributed by atoms with Gasteiger partial charge in [-0.05, 0) is 18.4 Å². The molecule has 1 aromatic heterocycles. The van der Waals surface area contributed by atoms with Crippen molar-refractivity contribution in [1.29, 1.82) is 0 Å². The smallest absolute Gasteiger partial charge is 0.276 e. The van der Waals surface area contributed by atoms with Gasteiger partial charge in [0.25, 0.3) is 11.8 Å². The van der Waals surface area contributed by atoms with E-state index in [1.807, 2.05) is 13.8 Å². The minimum absolute atomic E-state index is 0.0309. The highest BCUT2D eigenvalue weighted by molar-refractivity contribution is 5.99. The molecule has 0 spiro atoms. The normalized spacial score (nSPS) is 19.8. The van der Waals surface area contributed by atoms with Crippen LogP contribution in [0.5, 0.6) is 5.75 Å². The summed E-state index contributed by atoms with van der Waals surface area (Å²) in [5.41, 5.74) is -1.55. The zero-order chi connectivity index (χ0) is 23.2. The van der Waals surface area contributed by atoms with E-state index < -0.39 is 46.4 Å².